The highest BCUT2D eigenvalue weighted by atomic mass is 127. The van der Waals surface area contributed by atoms with Crippen LogP contribution in [0.3, 0.4) is 0 Å². The van der Waals surface area contributed by atoms with Crippen LogP contribution in [-0.4, -0.2) is 59.8 Å². The van der Waals surface area contributed by atoms with Crippen molar-refractivity contribution in [3.05, 3.63) is 110 Å². The van der Waals surface area contributed by atoms with Crippen molar-refractivity contribution in [1.82, 2.24) is 8.43 Å². The maximum Gasteiger partial charge on any atom is 0.350 e. The van der Waals surface area contributed by atoms with Gasteiger partial charge >= 0.3 is 5.82 Å². The van der Waals surface area contributed by atoms with Crippen LogP contribution >= 0.6 is 22.9 Å². The molecular formula is C35H44IN9O3+2. The Kier molecular flexibility index (Phi) is 15.7. The first-order valence-electron chi connectivity index (χ1n) is 15.9. The zero-order valence-corrected chi connectivity index (χ0v) is 29.4. The number of azo groups is 2. The van der Waals surface area contributed by atoms with Gasteiger partial charge in [0, 0.05) is 69.2 Å². The van der Waals surface area contributed by atoms with E-state index in [0.29, 0.717) is 13.1 Å². The number of aryl methyl sites for hydroxylation is 2. The third-order valence-corrected chi connectivity index (χ3v) is 8.00. The van der Waals surface area contributed by atoms with Gasteiger partial charge in [-0.05, 0) is 65.8 Å². The van der Waals surface area contributed by atoms with Crippen molar-refractivity contribution in [2.75, 3.05) is 51.4 Å². The van der Waals surface area contributed by atoms with Crippen molar-refractivity contribution in [2.24, 2.45) is 20.5 Å². The number of hydrogen-bond donors (Lipinski definition) is 3. The maximum atomic E-state index is 9.28. The van der Waals surface area contributed by atoms with Crippen molar-refractivity contribution < 1.29 is 24.1 Å². The van der Waals surface area contributed by atoms with E-state index in [4.69, 9.17) is 4.74 Å². The third kappa shape index (κ3) is 12.6. The van der Waals surface area contributed by atoms with Crippen LogP contribution in [0.25, 0.3) is 0 Å². The van der Waals surface area contributed by atoms with Gasteiger partial charge in [-0.3, -0.25) is 0 Å². The zero-order chi connectivity index (χ0) is 33.8. The first-order chi connectivity index (χ1) is 23.6. The van der Waals surface area contributed by atoms with E-state index in [1.807, 2.05) is 109 Å². The Morgan fingerprint density at radius 3 is 2.21 bits per heavy atom. The Labute approximate surface area is 296 Å². The number of aliphatic hydroxyl groups excluding tert-OH is 2. The molecule has 0 atom stereocenters. The third-order valence-electron chi connectivity index (χ3n) is 7.20. The summed E-state index contributed by atoms with van der Waals surface area (Å²) in [4.78, 5) is 1.93. The van der Waals surface area contributed by atoms with E-state index in [2.05, 4.69) is 67.1 Å². The molecule has 0 spiro atoms. The molecule has 0 saturated heterocycles. The first-order valence-corrected chi connectivity index (χ1v) is 16.9. The number of pyridine rings is 2. The number of benzene rings is 2. The van der Waals surface area contributed by atoms with Crippen molar-refractivity contribution in [3.8, 4) is 5.75 Å². The number of methoxy groups -OCH3 is 1. The molecule has 3 N–H and O–H groups in total. The van der Waals surface area contributed by atoms with E-state index in [1.54, 1.807) is 7.11 Å². The Hall–Kier alpha value is -4.47. The molecule has 0 saturated carbocycles. The van der Waals surface area contributed by atoms with Crippen LogP contribution in [0.2, 0.25) is 0 Å². The number of rotatable bonds is 20. The van der Waals surface area contributed by atoms with Gasteiger partial charge in [-0.1, -0.05) is 6.07 Å². The van der Waals surface area contributed by atoms with Crippen LogP contribution in [0, 0.1) is 0 Å². The monoisotopic (exact) mass is 765 g/mol. The number of ether oxygens (including phenoxy) is 1. The summed E-state index contributed by atoms with van der Waals surface area (Å²) in [5.41, 5.74) is 3.24. The molecule has 2 heterocycles. The minimum Gasteiger partial charge on any atom is -0.497 e. The molecule has 2 aromatic heterocycles. The molecule has 0 bridgehead atoms. The van der Waals surface area contributed by atoms with Gasteiger partial charge in [0.1, 0.15) is 23.7 Å². The summed E-state index contributed by atoms with van der Waals surface area (Å²) in [6, 6.07) is 24.9. The van der Waals surface area contributed by atoms with Crippen LogP contribution < -0.4 is 24.1 Å². The summed E-state index contributed by atoms with van der Waals surface area (Å²) in [6.45, 7) is 4.38. The molecule has 0 aliphatic heterocycles. The number of nitrogens with zero attached hydrogens (tertiary/aromatic N) is 8. The molecule has 0 fully saturated rings. The Morgan fingerprint density at radius 1 is 0.771 bits per heavy atom. The molecule has 48 heavy (non-hydrogen) atoms. The zero-order valence-electron chi connectivity index (χ0n) is 27.2. The Bertz CT molecular complexity index is 1600. The number of aliphatic hydroxyl groups is 2. The topological polar surface area (TPSA) is 125 Å². The normalized spacial score (nSPS) is 11.5. The number of aromatic nitrogens is 2. The Balaban J connectivity index is 1.15. The van der Waals surface area contributed by atoms with Gasteiger partial charge in [0.2, 0.25) is 0 Å². The van der Waals surface area contributed by atoms with Gasteiger partial charge in [0.05, 0.1) is 66.7 Å². The standard InChI is InChI=1S/C35H44IN9O3/c1-48-34-15-11-31(12-16-34)38-40-32-7-4-19-42(29-32)20-5-17-37-18-24-45(36)23-6-22-44-21-3-2-8-35(44)41-39-30-9-13-33(14-10-30)43(25-27-46)26-28-47/h2-4,7-16,18-19,21,24,29,37,46-47H,5-6,17,20,22-23,25-28H2,1H3/q+2/b24-18-,40-38?. The molecule has 13 heteroatoms. The molecule has 4 rings (SSSR count). The van der Waals surface area contributed by atoms with Gasteiger partial charge < -0.3 is 28.3 Å². The van der Waals surface area contributed by atoms with Gasteiger partial charge in [-0.2, -0.15) is 5.11 Å². The molecular weight excluding hydrogens is 721 g/mol. The summed E-state index contributed by atoms with van der Waals surface area (Å²) in [6.07, 6.45) is 12.0. The summed E-state index contributed by atoms with van der Waals surface area (Å²) in [7, 11) is 1.64. The van der Waals surface area contributed by atoms with Gasteiger partial charge in [-0.15, -0.1) is 5.11 Å². The average Bonchev–Trinajstić information content (AvgIpc) is 3.12. The molecule has 0 radical (unpaired) electrons. The lowest BCUT2D eigenvalue weighted by Crippen LogP contribution is -2.34. The van der Waals surface area contributed by atoms with Crippen LogP contribution in [0.5, 0.6) is 5.75 Å². The highest BCUT2D eigenvalue weighted by Crippen LogP contribution is 2.22. The molecule has 2 aromatic carbocycles. The molecule has 4 aromatic rings. The number of nitrogens with one attached hydrogen (secondary N) is 1. The summed E-state index contributed by atoms with van der Waals surface area (Å²) < 4.78 is 11.5. The average molecular weight is 766 g/mol. The molecule has 252 valence electrons. The van der Waals surface area contributed by atoms with E-state index < -0.39 is 0 Å². The van der Waals surface area contributed by atoms with E-state index in [-0.39, 0.29) is 13.2 Å². The predicted octanol–water partition coefficient (Wildman–Crippen LogP) is 6.09. The minimum absolute atomic E-state index is 0.0247. The van der Waals surface area contributed by atoms with Gasteiger partial charge in [-0.25, -0.2) is 9.13 Å². The molecule has 0 amide bonds. The molecule has 0 aliphatic rings. The van der Waals surface area contributed by atoms with Crippen LogP contribution in [0.1, 0.15) is 12.8 Å². The number of anilines is 1. The van der Waals surface area contributed by atoms with E-state index in [0.717, 1.165) is 73.3 Å². The fourth-order valence-electron chi connectivity index (χ4n) is 4.72. The summed E-state index contributed by atoms with van der Waals surface area (Å²) in [5.74, 6) is 1.58. The fraction of sp³-hybridized carbons (Fsp3) is 0.314. The first kappa shape index (κ1) is 36.4. The van der Waals surface area contributed by atoms with Crippen molar-refractivity contribution in [1.29, 1.82) is 0 Å². The van der Waals surface area contributed by atoms with Gasteiger partial charge in [0.25, 0.3) is 0 Å². The maximum absolute atomic E-state index is 9.28. The Morgan fingerprint density at radius 2 is 1.48 bits per heavy atom. The minimum atomic E-state index is 0.0247. The smallest absolute Gasteiger partial charge is 0.350 e. The van der Waals surface area contributed by atoms with Crippen LogP contribution in [0.15, 0.2) is 130 Å². The van der Waals surface area contributed by atoms with Crippen molar-refractivity contribution in [3.63, 3.8) is 0 Å². The quantitative estimate of drug-likeness (QED) is 0.0329. The lowest BCUT2D eigenvalue weighted by Gasteiger charge is -2.22. The van der Waals surface area contributed by atoms with E-state index in [9.17, 15) is 10.2 Å². The van der Waals surface area contributed by atoms with Crippen LogP contribution in [-0.2, 0) is 13.1 Å². The van der Waals surface area contributed by atoms with Gasteiger partial charge in [0.15, 0.2) is 12.4 Å². The highest BCUT2D eigenvalue weighted by Gasteiger charge is 2.10. The summed E-state index contributed by atoms with van der Waals surface area (Å²) >= 11 is 2.32. The highest BCUT2D eigenvalue weighted by molar-refractivity contribution is 14.1. The summed E-state index contributed by atoms with van der Waals surface area (Å²) in [5, 5.41) is 39.5. The second-order valence-electron chi connectivity index (χ2n) is 10.7. The van der Waals surface area contributed by atoms with Crippen LogP contribution in [0.4, 0.5) is 28.6 Å². The largest absolute Gasteiger partial charge is 0.497 e. The van der Waals surface area contributed by atoms with Crippen molar-refractivity contribution >= 4 is 51.4 Å². The predicted molar refractivity (Wildman–Crippen MR) is 195 cm³/mol. The number of hydrogen-bond acceptors (Lipinski definition) is 10. The SMILES string of the molecule is COc1ccc(N=Nc2ccc[n+](CCCN/C=C\N(I)CCC[n+]3ccccc3N=Nc3ccc(N(CCO)CCO)cc3)c2)cc1. The molecule has 0 unspecified atom stereocenters. The second-order valence-corrected chi connectivity index (χ2v) is 11.9. The molecule has 12 nitrogen and oxygen atoms in total. The van der Waals surface area contributed by atoms with E-state index >= 15 is 0 Å². The number of halogens is 1. The van der Waals surface area contributed by atoms with Crippen molar-refractivity contribution in [2.45, 2.75) is 25.9 Å². The lowest BCUT2D eigenvalue weighted by atomic mass is 10.2. The second kappa shape index (κ2) is 20.7. The fourth-order valence-corrected chi connectivity index (χ4v) is 5.22. The molecule has 0 aliphatic carbocycles. The lowest BCUT2D eigenvalue weighted by molar-refractivity contribution is -0.696. The van der Waals surface area contributed by atoms with E-state index in [1.165, 1.54) is 0 Å².